The molecule has 4 heteroatoms. The van der Waals surface area contributed by atoms with E-state index in [1.54, 1.807) is 6.07 Å². The molecule has 1 aromatic rings. The van der Waals surface area contributed by atoms with Crippen LogP contribution in [0, 0.1) is 12.3 Å². The third-order valence-electron chi connectivity index (χ3n) is 3.50. The molecule has 0 fully saturated rings. The predicted molar refractivity (Wildman–Crippen MR) is 92.6 cm³/mol. The van der Waals surface area contributed by atoms with Crippen LogP contribution in [0.15, 0.2) is 18.2 Å². The SMILES string of the molecule is Cc1cc(Cl)ccc1OC[C@@H](O)C[NH2+]C(C)(C)CC(C)(C)C. The van der Waals surface area contributed by atoms with Gasteiger partial charge in [-0.2, -0.15) is 0 Å². The highest BCUT2D eigenvalue weighted by Crippen LogP contribution is 2.24. The normalized spacial score (nSPS) is 14.0. The van der Waals surface area contributed by atoms with E-state index in [4.69, 9.17) is 16.3 Å². The van der Waals surface area contributed by atoms with Gasteiger partial charge in [-0.15, -0.1) is 0 Å². The van der Waals surface area contributed by atoms with Gasteiger partial charge in [0.05, 0.1) is 5.54 Å². The van der Waals surface area contributed by atoms with Gasteiger partial charge in [0.1, 0.15) is 25.0 Å². The van der Waals surface area contributed by atoms with Crippen molar-refractivity contribution in [2.45, 2.75) is 59.6 Å². The Hall–Kier alpha value is -0.770. The molecular formula is C18H31ClNO2+. The highest BCUT2D eigenvalue weighted by atomic mass is 35.5. The Morgan fingerprint density at radius 1 is 1.23 bits per heavy atom. The number of nitrogens with two attached hydrogens (primary N) is 1. The average Bonchev–Trinajstić information content (AvgIpc) is 2.32. The van der Waals surface area contributed by atoms with Gasteiger partial charge in [-0.05, 0) is 49.9 Å². The number of aryl methyl sites for hydroxylation is 1. The van der Waals surface area contributed by atoms with Gasteiger partial charge in [0.15, 0.2) is 0 Å². The van der Waals surface area contributed by atoms with Gasteiger partial charge >= 0.3 is 0 Å². The first-order valence-corrected chi connectivity index (χ1v) is 8.28. The molecule has 3 N–H and O–H groups in total. The minimum atomic E-state index is -0.491. The minimum Gasteiger partial charge on any atom is -0.490 e. The van der Waals surface area contributed by atoms with Crippen molar-refractivity contribution < 1.29 is 15.2 Å². The van der Waals surface area contributed by atoms with E-state index < -0.39 is 6.10 Å². The number of hydrogen-bond donors (Lipinski definition) is 2. The lowest BCUT2D eigenvalue weighted by atomic mass is 9.82. The maximum atomic E-state index is 10.1. The Kier molecular flexibility index (Phi) is 6.72. The zero-order valence-corrected chi connectivity index (χ0v) is 15.5. The second-order valence-corrected chi connectivity index (χ2v) is 8.48. The first kappa shape index (κ1) is 19.3. The zero-order valence-electron chi connectivity index (χ0n) is 14.7. The Bertz CT molecular complexity index is 480. The van der Waals surface area contributed by atoms with Gasteiger partial charge in [-0.3, -0.25) is 0 Å². The molecule has 1 aromatic carbocycles. The maximum Gasteiger partial charge on any atom is 0.137 e. The molecule has 0 saturated heterocycles. The first-order chi connectivity index (χ1) is 9.98. The van der Waals surface area contributed by atoms with Crippen LogP contribution < -0.4 is 10.1 Å². The van der Waals surface area contributed by atoms with E-state index in [0.29, 0.717) is 18.2 Å². The van der Waals surface area contributed by atoms with Crippen LogP contribution in [0.2, 0.25) is 5.02 Å². The van der Waals surface area contributed by atoms with Crippen LogP contribution in [0.4, 0.5) is 0 Å². The zero-order chi connectivity index (χ0) is 17.0. The lowest BCUT2D eigenvalue weighted by molar-refractivity contribution is -0.727. The molecule has 3 nitrogen and oxygen atoms in total. The van der Waals surface area contributed by atoms with E-state index in [-0.39, 0.29) is 11.0 Å². The molecule has 0 radical (unpaired) electrons. The molecule has 0 spiro atoms. The van der Waals surface area contributed by atoms with Crippen molar-refractivity contribution in [1.29, 1.82) is 0 Å². The summed E-state index contributed by atoms with van der Waals surface area (Å²) < 4.78 is 5.69. The fourth-order valence-electron chi connectivity index (χ4n) is 2.92. The van der Waals surface area contributed by atoms with Gasteiger partial charge in [-0.1, -0.05) is 32.4 Å². The Morgan fingerprint density at radius 2 is 1.86 bits per heavy atom. The Morgan fingerprint density at radius 3 is 2.41 bits per heavy atom. The molecule has 0 heterocycles. The average molecular weight is 329 g/mol. The Labute approximate surface area is 140 Å². The van der Waals surface area contributed by atoms with Gasteiger partial charge in [0.2, 0.25) is 0 Å². The number of aliphatic hydroxyl groups is 1. The monoisotopic (exact) mass is 328 g/mol. The molecule has 1 atom stereocenters. The molecular weight excluding hydrogens is 298 g/mol. The van der Waals surface area contributed by atoms with Crippen molar-refractivity contribution in [1.82, 2.24) is 0 Å². The van der Waals surface area contributed by atoms with E-state index in [0.717, 1.165) is 17.7 Å². The highest BCUT2D eigenvalue weighted by molar-refractivity contribution is 6.30. The summed E-state index contributed by atoms with van der Waals surface area (Å²) in [6.45, 7) is 14.0. The summed E-state index contributed by atoms with van der Waals surface area (Å²) in [4.78, 5) is 0. The summed E-state index contributed by atoms with van der Waals surface area (Å²) in [5.41, 5.74) is 1.37. The summed E-state index contributed by atoms with van der Waals surface area (Å²) in [5, 5.41) is 13.0. The van der Waals surface area contributed by atoms with Crippen molar-refractivity contribution in [3.05, 3.63) is 28.8 Å². The predicted octanol–water partition coefficient (Wildman–Crippen LogP) is 3.17. The first-order valence-electron chi connectivity index (χ1n) is 7.90. The molecule has 1 rings (SSSR count). The summed E-state index contributed by atoms with van der Waals surface area (Å²) in [6, 6.07) is 5.51. The number of aliphatic hydroxyl groups excluding tert-OH is 1. The molecule has 0 aliphatic carbocycles. The van der Waals surface area contributed by atoms with Crippen LogP contribution >= 0.6 is 11.6 Å². The molecule has 0 saturated carbocycles. The van der Waals surface area contributed by atoms with E-state index in [9.17, 15) is 5.11 Å². The number of quaternary nitrogens is 1. The summed E-state index contributed by atoms with van der Waals surface area (Å²) in [6.07, 6.45) is 0.596. The van der Waals surface area contributed by atoms with Crippen LogP contribution in [-0.2, 0) is 0 Å². The number of halogens is 1. The van der Waals surface area contributed by atoms with E-state index in [2.05, 4.69) is 39.9 Å². The molecule has 0 aliphatic rings. The van der Waals surface area contributed by atoms with Crippen LogP contribution in [-0.4, -0.2) is 29.9 Å². The Balaban J connectivity index is 2.42. The molecule has 0 unspecified atom stereocenters. The number of hydrogen-bond acceptors (Lipinski definition) is 2. The van der Waals surface area contributed by atoms with Gasteiger partial charge in [0, 0.05) is 11.4 Å². The van der Waals surface area contributed by atoms with Gasteiger partial charge in [-0.25, -0.2) is 0 Å². The third kappa shape index (κ3) is 7.48. The smallest absolute Gasteiger partial charge is 0.137 e. The van der Waals surface area contributed by atoms with Crippen LogP contribution in [0.25, 0.3) is 0 Å². The van der Waals surface area contributed by atoms with Crippen molar-refractivity contribution in [3.8, 4) is 5.75 Å². The lowest BCUT2D eigenvalue weighted by Gasteiger charge is -2.31. The molecule has 0 aliphatic heterocycles. The van der Waals surface area contributed by atoms with E-state index in [1.165, 1.54) is 0 Å². The standard InChI is InChI=1S/C18H30ClNO2/c1-13-9-14(19)7-8-16(13)22-11-15(21)10-20-18(5,6)12-17(2,3)4/h7-9,15,20-21H,10-12H2,1-6H3/p+1/t15-/m0/s1. The van der Waals surface area contributed by atoms with Crippen LogP contribution in [0.5, 0.6) is 5.75 Å². The number of rotatable bonds is 7. The van der Waals surface area contributed by atoms with Crippen molar-refractivity contribution in [3.63, 3.8) is 0 Å². The maximum absolute atomic E-state index is 10.1. The molecule has 22 heavy (non-hydrogen) atoms. The van der Waals surface area contributed by atoms with E-state index >= 15 is 0 Å². The molecule has 126 valence electrons. The summed E-state index contributed by atoms with van der Waals surface area (Å²) in [5.74, 6) is 0.775. The second kappa shape index (κ2) is 7.67. The minimum absolute atomic E-state index is 0.107. The largest absolute Gasteiger partial charge is 0.490 e. The van der Waals surface area contributed by atoms with Crippen LogP contribution in [0.1, 0.15) is 46.6 Å². The van der Waals surface area contributed by atoms with Crippen molar-refractivity contribution >= 4 is 11.6 Å². The second-order valence-electron chi connectivity index (χ2n) is 8.04. The highest BCUT2D eigenvalue weighted by Gasteiger charge is 2.29. The molecule has 0 bridgehead atoms. The lowest BCUT2D eigenvalue weighted by Crippen LogP contribution is -2.97. The topological polar surface area (TPSA) is 46.1 Å². The van der Waals surface area contributed by atoms with E-state index in [1.807, 2.05) is 19.1 Å². The van der Waals surface area contributed by atoms with Crippen molar-refractivity contribution in [2.75, 3.05) is 13.2 Å². The fourth-order valence-corrected chi connectivity index (χ4v) is 3.15. The third-order valence-corrected chi connectivity index (χ3v) is 3.73. The quantitative estimate of drug-likeness (QED) is 0.807. The summed E-state index contributed by atoms with van der Waals surface area (Å²) in [7, 11) is 0. The summed E-state index contributed by atoms with van der Waals surface area (Å²) >= 11 is 5.92. The number of benzene rings is 1. The van der Waals surface area contributed by atoms with Gasteiger partial charge < -0.3 is 15.2 Å². The van der Waals surface area contributed by atoms with Crippen molar-refractivity contribution in [2.24, 2.45) is 5.41 Å². The van der Waals surface area contributed by atoms with Gasteiger partial charge in [0.25, 0.3) is 0 Å². The number of ether oxygens (including phenoxy) is 1. The fraction of sp³-hybridized carbons (Fsp3) is 0.667. The molecule has 0 aromatic heterocycles. The van der Waals surface area contributed by atoms with Crippen LogP contribution in [0.3, 0.4) is 0 Å². The molecule has 0 amide bonds.